The number of rotatable bonds is 6. The third-order valence-electron chi connectivity index (χ3n) is 4.38. The Morgan fingerprint density at radius 2 is 1.93 bits per heavy atom. The van der Waals surface area contributed by atoms with E-state index >= 15 is 0 Å². The first-order valence-corrected chi connectivity index (χ1v) is 10.2. The number of morpholine rings is 1. The zero-order chi connectivity index (χ0) is 21.0. The van der Waals surface area contributed by atoms with Crippen LogP contribution in [0.2, 0.25) is 0 Å². The first-order chi connectivity index (χ1) is 13.8. The normalized spacial score (nSPS) is 15.9. The lowest BCUT2D eigenvalue weighted by Gasteiger charge is -2.26. The van der Waals surface area contributed by atoms with E-state index < -0.39 is 26.5 Å². The summed E-state index contributed by atoms with van der Waals surface area (Å²) in [6, 6.07) is 9.52. The number of hydrazone groups is 1. The molecule has 1 aliphatic heterocycles. The quantitative estimate of drug-likeness (QED) is 0.435. The average Bonchev–Trinajstić information content (AvgIpc) is 2.72. The van der Waals surface area contributed by atoms with E-state index in [4.69, 9.17) is 4.74 Å². The number of sulfonamides is 1. The topological polar surface area (TPSA) is 114 Å². The molecule has 3 rings (SSSR count). The predicted octanol–water partition coefficient (Wildman–Crippen LogP) is 2.59. The van der Waals surface area contributed by atoms with Crippen LogP contribution in [0.1, 0.15) is 12.5 Å². The summed E-state index contributed by atoms with van der Waals surface area (Å²) in [5.41, 5.74) is 2.59. The molecule has 0 aromatic heterocycles. The van der Waals surface area contributed by atoms with Crippen molar-refractivity contribution in [1.29, 1.82) is 0 Å². The molecule has 0 unspecified atom stereocenters. The maximum atomic E-state index is 13.8. The molecule has 1 saturated heterocycles. The lowest BCUT2D eigenvalue weighted by molar-refractivity contribution is -0.384. The molecule has 1 aliphatic rings. The third-order valence-corrected chi connectivity index (χ3v) is 6.28. The molecule has 9 nitrogen and oxygen atoms in total. The molecule has 0 aliphatic carbocycles. The molecule has 29 heavy (non-hydrogen) atoms. The summed E-state index contributed by atoms with van der Waals surface area (Å²) in [7, 11) is -3.88. The molecule has 0 amide bonds. The van der Waals surface area contributed by atoms with Crippen molar-refractivity contribution in [2.24, 2.45) is 5.10 Å². The van der Waals surface area contributed by atoms with Crippen molar-refractivity contribution in [3.05, 3.63) is 64.0 Å². The molecule has 0 atom stereocenters. The van der Waals surface area contributed by atoms with Crippen LogP contribution in [0.25, 0.3) is 0 Å². The highest BCUT2D eigenvalue weighted by molar-refractivity contribution is 7.89. The monoisotopic (exact) mass is 422 g/mol. The highest BCUT2D eigenvalue weighted by atomic mass is 32.2. The number of nitro groups is 1. The van der Waals surface area contributed by atoms with Gasteiger partial charge in [-0.05, 0) is 25.1 Å². The number of anilines is 1. The number of benzene rings is 2. The minimum Gasteiger partial charge on any atom is -0.379 e. The standard InChI is InChI=1S/C18H19FN4O5S/c1-13(15-4-2-3-5-16(15)19)20-21-17-7-6-14(12-18(17)23(24)25)29(26,27)22-8-10-28-11-9-22/h2-7,12,21H,8-11H2,1H3/b20-13+. The van der Waals surface area contributed by atoms with E-state index in [1.165, 1.54) is 34.6 Å². The largest absolute Gasteiger partial charge is 0.379 e. The molecule has 1 N–H and O–H groups in total. The second-order valence-corrected chi connectivity index (χ2v) is 8.18. The summed E-state index contributed by atoms with van der Waals surface area (Å²) < 4.78 is 45.6. The van der Waals surface area contributed by atoms with Crippen molar-refractivity contribution < 1.29 is 22.5 Å². The predicted molar refractivity (Wildman–Crippen MR) is 105 cm³/mol. The maximum Gasteiger partial charge on any atom is 0.295 e. The molecular formula is C18H19FN4O5S. The Morgan fingerprint density at radius 1 is 1.24 bits per heavy atom. The van der Waals surface area contributed by atoms with Gasteiger partial charge in [-0.3, -0.25) is 15.5 Å². The molecule has 2 aromatic carbocycles. The Kier molecular flexibility index (Phi) is 6.20. The van der Waals surface area contributed by atoms with Crippen LogP contribution in [-0.2, 0) is 14.8 Å². The van der Waals surface area contributed by atoms with Crippen molar-refractivity contribution >= 4 is 27.1 Å². The third kappa shape index (κ3) is 4.58. The molecule has 0 radical (unpaired) electrons. The molecule has 11 heteroatoms. The molecule has 0 saturated carbocycles. The Hall–Kier alpha value is -2.89. The van der Waals surface area contributed by atoms with E-state index in [0.29, 0.717) is 0 Å². The van der Waals surface area contributed by atoms with E-state index in [-0.39, 0.29) is 48.2 Å². The van der Waals surface area contributed by atoms with Crippen LogP contribution in [0.3, 0.4) is 0 Å². The fourth-order valence-corrected chi connectivity index (χ4v) is 4.24. The number of hydrogen-bond acceptors (Lipinski definition) is 7. The minimum atomic E-state index is -3.88. The van der Waals surface area contributed by atoms with E-state index in [1.54, 1.807) is 13.0 Å². The Balaban J connectivity index is 1.90. The molecule has 0 bridgehead atoms. The van der Waals surface area contributed by atoms with Gasteiger partial charge in [0.1, 0.15) is 11.5 Å². The zero-order valence-electron chi connectivity index (χ0n) is 15.5. The molecule has 0 spiro atoms. The zero-order valence-corrected chi connectivity index (χ0v) is 16.4. The second kappa shape index (κ2) is 8.64. The van der Waals surface area contributed by atoms with Gasteiger partial charge in [0.05, 0.1) is 28.7 Å². The molecule has 154 valence electrons. The van der Waals surface area contributed by atoms with Crippen LogP contribution < -0.4 is 5.43 Å². The summed E-state index contributed by atoms with van der Waals surface area (Å²) in [5, 5.41) is 15.5. The Labute approximate surface area is 167 Å². The SMILES string of the molecule is C/C(=N\Nc1ccc(S(=O)(=O)N2CCOCC2)cc1[N+](=O)[O-])c1ccccc1F. The van der Waals surface area contributed by atoms with Crippen molar-refractivity contribution in [3.63, 3.8) is 0 Å². The number of nitro benzene ring substituents is 1. The summed E-state index contributed by atoms with van der Waals surface area (Å²) in [6.07, 6.45) is 0. The number of ether oxygens (including phenoxy) is 1. The number of nitrogens with one attached hydrogen (secondary N) is 1. The Morgan fingerprint density at radius 3 is 2.59 bits per heavy atom. The van der Waals surface area contributed by atoms with Gasteiger partial charge in [0.25, 0.3) is 5.69 Å². The van der Waals surface area contributed by atoms with Crippen molar-refractivity contribution in [3.8, 4) is 0 Å². The first kappa shape index (κ1) is 20.8. The van der Waals surface area contributed by atoms with Crippen LogP contribution in [0.5, 0.6) is 0 Å². The minimum absolute atomic E-state index is 0.00776. The van der Waals surface area contributed by atoms with E-state index in [9.17, 15) is 22.9 Å². The first-order valence-electron chi connectivity index (χ1n) is 8.72. The fourth-order valence-electron chi connectivity index (χ4n) is 2.81. The van der Waals surface area contributed by atoms with Crippen molar-refractivity contribution in [1.82, 2.24) is 4.31 Å². The second-order valence-electron chi connectivity index (χ2n) is 6.24. The van der Waals surface area contributed by atoms with Crippen LogP contribution in [0, 0.1) is 15.9 Å². The van der Waals surface area contributed by atoms with Crippen LogP contribution in [-0.4, -0.2) is 49.7 Å². The summed E-state index contributed by atoms with van der Waals surface area (Å²) in [5.74, 6) is -0.475. The Bertz CT molecular complexity index is 1050. The van der Waals surface area contributed by atoms with Gasteiger partial charge in [-0.15, -0.1) is 0 Å². The number of halogens is 1. The smallest absolute Gasteiger partial charge is 0.295 e. The van der Waals surface area contributed by atoms with Gasteiger partial charge in [-0.1, -0.05) is 18.2 Å². The molecule has 2 aromatic rings. The van der Waals surface area contributed by atoms with Crippen LogP contribution >= 0.6 is 0 Å². The van der Waals surface area contributed by atoms with E-state index in [2.05, 4.69) is 10.5 Å². The molecule has 1 heterocycles. The van der Waals surface area contributed by atoms with E-state index in [1.807, 2.05) is 0 Å². The number of hydrogen-bond donors (Lipinski definition) is 1. The van der Waals surface area contributed by atoms with Crippen LogP contribution in [0.4, 0.5) is 15.8 Å². The van der Waals surface area contributed by atoms with Gasteiger partial charge in [0.2, 0.25) is 10.0 Å². The van der Waals surface area contributed by atoms with E-state index in [0.717, 1.165) is 6.07 Å². The lowest BCUT2D eigenvalue weighted by atomic mass is 10.1. The van der Waals surface area contributed by atoms with Gasteiger partial charge in [-0.2, -0.15) is 9.41 Å². The van der Waals surface area contributed by atoms with Gasteiger partial charge >= 0.3 is 0 Å². The highest BCUT2D eigenvalue weighted by Crippen LogP contribution is 2.29. The van der Waals surface area contributed by atoms with Gasteiger partial charge in [0.15, 0.2) is 0 Å². The van der Waals surface area contributed by atoms with Gasteiger partial charge in [-0.25, -0.2) is 12.8 Å². The molecular weight excluding hydrogens is 403 g/mol. The lowest BCUT2D eigenvalue weighted by Crippen LogP contribution is -2.40. The van der Waals surface area contributed by atoms with Crippen molar-refractivity contribution in [2.75, 3.05) is 31.7 Å². The summed E-state index contributed by atoms with van der Waals surface area (Å²) in [6.45, 7) is 2.45. The average molecular weight is 422 g/mol. The molecule has 1 fully saturated rings. The summed E-state index contributed by atoms with van der Waals surface area (Å²) >= 11 is 0. The van der Waals surface area contributed by atoms with Crippen molar-refractivity contribution in [2.45, 2.75) is 11.8 Å². The van der Waals surface area contributed by atoms with Gasteiger partial charge < -0.3 is 4.74 Å². The highest BCUT2D eigenvalue weighted by Gasteiger charge is 2.28. The number of nitrogens with zero attached hydrogens (tertiary/aromatic N) is 3. The summed E-state index contributed by atoms with van der Waals surface area (Å²) in [4.78, 5) is 10.6. The van der Waals surface area contributed by atoms with Gasteiger partial charge in [0, 0.05) is 24.7 Å². The maximum absolute atomic E-state index is 13.8. The fraction of sp³-hybridized carbons (Fsp3) is 0.278. The van der Waals surface area contributed by atoms with Crippen LogP contribution in [0.15, 0.2) is 52.5 Å².